The summed E-state index contributed by atoms with van der Waals surface area (Å²) in [6, 6.07) is 4.76. The number of rotatable bonds is 8. The average molecular weight is 513 g/mol. The van der Waals surface area contributed by atoms with Crippen molar-refractivity contribution in [1.29, 1.82) is 4.78 Å². The van der Waals surface area contributed by atoms with Crippen molar-refractivity contribution >= 4 is 50.6 Å². The number of hydrogen-bond donors (Lipinski definition) is 4. The Morgan fingerprint density at radius 1 is 1.31 bits per heavy atom. The highest BCUT2D eigenvalue weighted by Crippen LogP contribution is 2.30. The van der Waals surface area contributed by atoms with Gasteiger partial charge in [0.15, 0.2) is 11.6 Å². The second-order valence-corrected chi connectivity index (χ2v) is 10.4. The van der Waals surface area contributed by atoms with Gasteiger partial charge in [-0.2, -0.15) is 4.98 Å². The van der Waals surface area contributed by atoms with Crippen LogP contribution in [-0.2, 0) is 9.73 Å². The first-order valence-corrected chi connectivity index (χ1v) is 12.7. The highest BCUT2D eigenvalue weighted by atomic mass is 32.2. The van der Waals surface area contributed by atoms with Crippen molar-refractivity contribution in [3.63, 3.8) is 0 Å². The number of anilines is 5. The minimum Gasteiger partial charge on any atom is -0.493 e. The lowest BCUT2D eigenvalue weighted by Gasteiger charge is -2.30. The maximum absolute atomic E-state index is 13.6. The molecule has 1 aliphatic heterocycles. The molecule has 4 rings (SSSR count). The van der Waals surface area contributed by atoms with Crippen molar-refractivity contribution in [1.82, 2.24) is 19.9 Å². The summed E-state index contributed by atoms with van der Waals surface area (Å²) in [5.74, 6) is 1.47. The van der Waals surface area contributed by atoms with Crippen molar-refractivity contribution < 1.29 is 13.3 Å². The third-order valence-electron chi connectivity index (χ3n) is 5.47. The Kier molecular flexibility index (Phi) is 7.01. The standard InChI is InChI=1S/C23H25FN8O3S/c1-4-15-11-17(22(33)31-20(15)14(2)24)29-19-5-6-26-23(30-19)28-16-12-18(35-3)21(27-13-16)32-7-9-36(25,34)10-8-32/h4-6,11-13,25H,1-2,7-10H2,3H3,(H,31,33)(H2,26,28,29,30). The first-order chi connectivity index (χ1) is 17.2. The van der Waals surface area contributed by atoms with E-state index in [4.69, 9.17) is 9.52 Å². The van der Waals surface area contributed by atoms with E-state index in [-0.39, 0.29) is 28.8 Å². The van der Waals surface area contributed by atoms with Crippen LogP contribution in [0.4, 0.5) is 33.3 Å². The van der Waals surface area contributed by atoms with Gasteiger partial charge in [0.2, 0.25) is 5.95 Å². The Labute approximate surface area is 207 Å². The summed E-state index contributed by atoms with van der Waals surface area (Å²) in [6.45, 7) is 7.78. The molecule has 0 spiro atoms. The molecule has 0 amide bonds. The van der Waals surface area contributed by atoms with Crippen LogP contribution in [0.5, 0.6) is 5.75 Å². The second kappa shape index (κ2) is 10.2. The van der Waals surface area contributed by atoms with Gasteiger partial charge in [-0.25, -0.2) is 18.6 Å². The van der Waals surface area contributed by atoms with Crippen LogP contribution >= 0.6 is 0 Å². The highest BCUT2D eigenvalue weighted by Gasteiger charge is 2.23. The molecular formula is C23H25FN8O3S. The summed E-state index contributed by atoms with van der Waals surface area (Å²) in [4.78, 5) is 29.8. The lowest BCUT2D eigenvalue weighted by Crippen LogP contribution is -2.40. The number of aromatic nitrogens is 4. The zero-order valence-electron chi connectivity index (χ0n) is 19.5. The van der Waals surface area contributed by atoms with Gasteiger partial charge in [0.1, 0.15) is 17.3 Å². The van der Waals surface area contributed by atoms with Gasteiger partial charge in [-0.1, -0.05) is 19.2 Å². The Balaban J connectivity index is 1.53. The van der Waals surface area contributed by atoms with Gasteiger partial charge >= 0.3 is 0 Å². The van der Waals surface area contributed by atoms with Crippen LogP contribution in [0.25, 0.3) is 11.9 Å². The predicted molar refractivity (Wildman–Crippen MR) is 139 cm³/mol. The normalized spacial score (nSPS) is 14.7. The predicted octanol–water partition coefficient (Wildman–Crippen LogP) is 3.51. The molecule has 1 fully saturated rings. The molecule has 1 aliphatic rings. The maximum Gasteiger partial charge on any atom is 0.272 e. The molecule has 13 heteroatoms. The van der Waals surface area contributed by atoms with Crippen molar-refractivity contribution in [3.8, 4) is 5.75 Å². The molecular weight excluding hydrogens is 487 g/mol. The Morgan fingerprint density at radius 3 is 2.72 bits per heavy atom. The monoisotopic (exact) mass is 512 g/mol. The molecule has 1 saturated heterocycles. The van der Waals surface area contributed by atoms with Crippen LogP contribution in [-0.4, -0.2) is 55.8 Å². The fourth-order valence-electron chi connectivity index (χ4n) is 3.61. The summed E-state index contributed by atoms with van der Waals surface area (Å²) >= 11 is 0. The molecule has 0 aliphatic carbocycles. The summed E-state index contributed by atoms with van der Waals surface area (Å²) < 4.78 is 38.8. The van der Waals surface area contributed by atoms with Crippen molar-refractivity contribution in [2.75, 3.05) is 47.2 Å². The lowest BCUT2D eigenvalue weighted by atomic mass is 10.1. The van der Waals surface area contributed by atoms with E-state index in [2.05, 4.69) is 43.7 Å². The Morgan fingerprint density at radius 2 is 2.06 bits per heavy atom. The summed E-state index contributed by atoms with van der Waals surface area (Å²) in [6.07, 6.45) is 4.51. The van der Waals surface area contributed by atoms with Crippen molar-refractivity contribution in [2.45, 2.75) is 0 Å². The first-order valence-electron chi connectivity index (χ1n) is 10.8. The van der Waals surface area contributed by atoms with Crippen LogP contribution in [0.3, 0.4) is 0 Å². The highest BCUT2D eigenvalue weighted by molar-refractivity contribution is 7.92. The molecule has 0 radical (unpaired) electrons. The van der Waals surface area contributed by atoms with Gasteiger partial charge in [0.25, 0.3) is 5.56 Å². The number of halogens is 1. The molecule has 0 atom stereocenters. The van der Waals surface area contributed by atoms with Crippen molar-refractivity contribution in [2.24, 2.45) is 0 Å². The Hall–Kier alpha value is -4.26. The molecule has 188 valence electrons. The van der Waals surface area contributed by atoms with E-state index in [0.717, 1.165) is 0 Å². The molecule has 3 aromatic heterocycles. The molecule has 0 bridgehead atoms. The van der Waals surface area contributed by atoms with Crippen molar-refractivity contribution in [3.05, 3.63) is 65.4 Å². The van der Waals surface area contributed by atoms with Gasteiger partial charge in [-0.05, 0) is 12.1 Å². The van der Waals surface area contributed by atoms with Gasteiger partial charge in [0, 0.05) is 52.2 Å². The van der Waals surface area contributed by atoms with Crippen LogP contribution in [0.2, 0.25) is 0 Å². The largest absolute Gasteiger partial charge is 0.493 e. The molecule has 4 heterocycles. The summed E-state index contributed by atoms with van der Waals surface area (Å²) in [7, 11) is -0.994. The maximum atomic E-state index is 13.6. The van der Waals surface area contributed by atoms with Gasteiger partial charge in [-0.3, -0.25) is 9.57 Å². The number of aromatic amines is 1. The van der Waals surface area contributed by atoms with E-state index in [1.165, 1.54) is 25.4 Å². The molecule has 4 N–H and O–H groups in total. The Bertz CT molecular complexity index is 1470. The average Bonchev–Trinajstić information content (AvgIpc) is 2.85. The quantitative estimate of drug-likeness (QED) is 0.356. The molecule has 11 nitrogen and oxygen atoms in total. The molecule has 0 saturated carbocycles. The van der Waals surface area contributed by atoms with E-state index >= 15 is 0 Å². The fraction of sp³-hybridized carbons (Fsp3) is 0.217. The van der Waals surface area contributed by atoms with Gasteiger partial charge in [-0.15, -0.1) is 0 Å². The molecule has 0 aromatic carbocycles. The van der Waals surface area contributed by atoms with Crippen LogP contribution in [0.15, 0.2) is 48.5 Å². The first kappa shape index (κ1) is 24.9. The number of hydrogen-bond acceptors (Lipinski definition) is 10. The third kappa shape index (κ3) is 5.51. The number of H-pyrrole nitrogens is 1. The second-order valence-electron chi connectivity index (χ2n) is 7.92. The lowest BCUT2D eigenvalue weighted by molar-refractivity contribution is 0.412. The molecule has 3 aromatic rings. The summed E-state index contributed by atoms with van der Waals surface area (Å²) in [5, 5.41) is 5.95. The van der Waals surface area contributed by atoms with E-state index in [1.54, 1.807) is 18.3 Å². The van der Waals surface area contributed by atoms with E-state index < -0.39 is 21.1 Å². The number of nitrogens with zero attached hydrogens (tertiary/aromatic N) is 4. The smallest absolute Gasteiger partial charge is 0.272 e. The van der Waals surface area contributed by atoms with Crippen LogP contribution in [0, 0.1) is 4.78 Å². The van der Waals surface area contributed by atoms with Crippen LogP contribution in [0.1, 0.15) is 11.3 Å². The van der Waals surface area contributed by atoms with E-state index in [0.29, 0.717) is 41.7 Å². The number of nitrogens with one attached hydrogen (secondary N) is 4. The summed E-state index contributed by atoms with van der Waals surface area (Å²) in [5.41, 5.74) is 0.491. The minimum absolute atomic E-state index is 0.0340. The van der Waals surface area contributed by atoms with Gasteiger partial charge in [0.05, 0.1) is 24.7 Å². The van der Waals surface area contributed by atoms with E-state index in [9.17, 15) is 13.4 Å². The zero-order chi connectivity index (χ0) is 25.9. The number of methoxy groups -OCH3 is 1. The number of ether oxygens (including phenoxy) is 1. The number of pyridine rings is 2. The topological polar surface area (TPSA) is 149 Å². The minimum atomic E-state index is -2.52. The van der Waals surface area contributed by atoms with Gasteiger partial charge < -0.3 is 25.3 Å². The SMILES string of the molecule is C=Cc1cc(Nc2ccnc(Nc3cnc(N4CCS(=N)(=O)CC4)c(OC)c3)n2)c(=O)[nH]c1C(=C)F. The zero-order valence-corrected chi connectivity index (χ0v) is 20.3. The van der Waals surface area contributed by atoms with Crippen LogP contribution < -0.4 is 25.8 Å². The molecule has 36 heavy (non-hydrogen) atoms. The van der Waals surface area contributed by atoms with E-state index in [1.807, 2.05) is 4.90 Å². The third-order valence-corrected chi connectivity index (χ3v) is 7.16. The molecule has 0 unspecified atom stereocenters. The fourth-order valence-corrected chi connectivity index (χ4v) is 4.85.